The number of rotatable bonds is 7. The molecule has 0 saturated carbocycles. The Balaban J connectivity index is 1.95. The molecule has 0 aliphatic carbocycles. The average molecular weight is 499 g/mol. The molecule has 2 heterocycles. The van der Waals surface area contributed by atoms with Crippen molar-refractivity contribution in [1.29, 1.82) is 0 Å². The van der Waals surface area contributed by atoms with Gasteiger partial charge in [-0.05, 0) is 104 Å². The van der Waals surface area contributed by atoms with Crippen LogP contribution in [0.1, 0.15) is 31.0 Å². The summed E-state index contributed by atoms with van der Waals surface area (Å²) in [6.45, 7) is 5.37. The number of unbranched alkanes of at least 4 members (excludes halogenated alkanes) is 1. The van der Waals surface area contributed by atoms with Crippen LogP contribution in [0.15, 0.2) is 42.5 Å². The largest absolute Gasteiger partial charge is 0.492 e. The third kappa shape index (κ3) is 3.98. The standard InChI is InChI=1S/C24H26IN3O/c1-3-29-22-12-10-18(19-9-7-15(2)27-24(19)22)23-17(6-4-5-13-26)20-14-16(25)8-11-21(20)28-23/h7-12,14,28H,3-6,13,26H2,1-2H3. The number of nitrogens with two attached hydrogens (primary N) is 1. The van der Waals surface area contributed by atoms with Gasteiger partial charge in [-0.25, -0.2) is 4.98 Å². The monoisotopic (exact) mass is 499 g/mol. The molecule has 29 heavy (non-hydrogen) atoms. The van der Waals surface area contributed by atoms with Crippen molar-refractivity contribution in [3.05, 3.63) is 57.3 Å². The molecule has 0 fully saturated rings. The summed E-state index contributed by atoms with van der Waals surface area (Å²) in [6, 6.07) is 15.0. The topological polar surface area (TPSA) is 63.9 Å². The summed E-state index contributed by atoms with van der Waals surface area (Å²) in [4.78, 5) is 8.49. The molecule has 2 aromatic carbocycles. The number of H-pyrrole nitrogens is 1. The molecule has 0 spiro atoms. The van der Waals surface area contributed by atoms with Gasteiger partial charge in [0.25, 0.3) is 0 Å². The zero-order valence-corrected chi connectivity index (χ0v) is 19.0. The van der Waals surface area contributed by atoms with Gasteiger partial charge in [0.2, 0.25) is 0 Å². The number of halogens is 1. The fourth-order valence-electron chi connectivity index (χ4n) is 3.94. The van der Waals surface area contributed by atoms with Crippen LogP contribution in [-0.2, 0) is 6.42 Å². The van der Waals surface area contributed by atoms with Gasteiger partial charge in [0, 0.05) is 31.1 Å². The number of hydrogen-bond acceptors (Lipinski definition) is 3. The fraction of sp³-hybridized carbons (Fsp3) is 0.292. The van der Waals surface area contributed by atoms with E-state index < -0.39 is 0 Å². The molecule has 0 saturated heterocycles. The van der Waals surface area contributed by atoms with Crippen LogP contribution in [0.3, 0.4) is 0 Å². The lowest BCUT2D eigenvalue weighted by atomic mass is 9.97. The zero-order chi connectivity index (χ0) is 20.4. The molecule has 0 atom stereocenters. The van der Waals surface area contributed by atoms with Crippen molar-refractivity contribution in [2.75, 3.05) is 13.2 Å². The minimum Gasteiger partial charge on any atom is -0.492 e. The van der Waals surface area contributed by atoms with Crippen LogP contribution in [-0.4, -0.2) is 23.1 Å². The molecule has 150 valence electrons. The van der Waals surface area contributed by atoms with Crippen molar-refractivity contribution < 1.29 is 4.74 Å². The molecular weight excluding hydrogens is 473 g/mol. The quantitative estimate of drug-likeness (QED) is 0.243. The van der Waals surface area contributed by atoms with Crippen LogP contribution in [0.4, 0.5) is 0 Å². The summed E-state index contributed by atoms with van der Waals surface area (Å²) in [6.07, 6.45) is 3.11. The number of nitrogens with one attached hydrogen (secondary N) is 1. The van der Waals surface area contributed by atoms with Gasteiger partial charge in [0.05, 0.1) is 12.3 Å². The second-order valence-electron chi connectivity index (χ2n) is 7.31. The van der Waals surface area contributed by atoms with Crippen molar-refractivity contribution in [2.45, 2.75) is 33.1 Å². The van der Waals surface area contributed by atoms with E-state index in [0.717, 1.165) is 48.2 Å². The minimum absolute atomic E-state index is 0.624. The second kappa shape index (κ2) is 8.71. The lowest BCUT2D eigenvalue weighted by Crippen LogP contribution is -2.00. The molecule has 4 nitrogen and oxygen atoms in total. The zero-order valence-electron chi connectivity index (χ0n) is 16.9. The van der Waals surface area contributed by atoms with Gasteiger partial charge in [-0.1, -0.05) is 6.07 Å². The van der Waals surface area contributed by atoms with Crippen LogP contribution in [0.5, 0.6) is 5.75 Å². The van der Waals surface area contributed by atoms with Crippen molar-refractivity contribution in [3.8, 4) is 17.0 Å². The molecule has 4 aromatic rings. The Kier molecular flexibility index (Phi) is 6.06. The smallest absolute Gasteiger partial charge is 0.145 e. The lowest BCUT2D eigenvalue weighted by molar-refractivity contribution is 0.343. The number of ether oxygens (including phenoxy) is 1. The second-order valence-corrected chi connectivity index (χ2v) is 8.55. The van der Waals surface area contributed by atoms with E-state index in [-0.39, 0.29) is 0 Å². The van der Waals surface area contributed by atoms with E-state index in [2.05, 4.69) is 64.0 Å². The summed E-state index contributed by atoms with van der Waals surface area (Å²) in [5.41, 5.74) is 12.5. The fourth-order valence-corrected chi connectivity index (χ4v) is 4.43. The summed E-state index contributed by atoms with van der Waals surface area (Å²) >= 11 is 2.38. The van der Waals surface area contributed by atoms with Crippen LogP contribution < -0.4 is 10.5 Å². The number of nitrogens with zero attached hydrogens (tertiary/aromatic N) is 1. The van der Waals surface area contributed by atoms with Gasteiger partial charge in [-0.2, -0.15) is 0 Å². The summed E-state index contributed by atoms with van der Waals surface area (Å²) in [5.74, 6) is 0.838. The first kappa shape index (κ1) is 20.2. The highest BCUT2D eigenvalue weighted by Crippen LogP contribution is 2.38. The lowest BCUT2D eigenvalue weighted by Gasteiger charge is -2.12. The first-order valence-electron chi connectivity index (χ1n) is 10.2. The number of fused-ring (bicyclic) bond motifs is 2. The van der Waals surface area contributed by atoms with Gasteiger partial charge in [-0.3, -0.25) is 0 Å². The van der Waals surface area contributed by atoms with Crippen molar-refractivity contribution in [3.63, 3.8) is 0 Å². The first-order valence-corrected chi connectivity index (χ1v) is 11.2. The third-order valence-corrected chi connectivity index (χ3v) is 5.95. The Morgan fingerprint density at radius 3 is 2.72 bits per heavy atom. The Labute approximate surface area is 185 Å². The van der Waals surface area contributed by atoms with Crippen LogP contribution in [0, 0.1) is 10.5 Å². The molecule has 0 aliphatic rings. The number of aryl methyl sites for hydroxylation is 2. The van der Waals surface area contributed by atoms with E-state index in [1.807, 2.05) is 19.9 Å². The Hall–Kier alpha value is -2.12. The van der Waals surface area contributed by atoms with E-state index >= 15 is 0 Å². The van der Waals surface area contributed by atoms with E-state index in [1.165, 1.54) is 31.3 Å². The van der Waals surface area contributed by atoms with Crippen molar-refractivity contribution in [2.24, 2.45) is 5.73 Å². The number of pyridine rings is 1. The average Bonchev–Trinajstić information content (AvgIpc) is 3.06. The van der Waals surface area contributed by atoms with Gasteiger partial charge in [0.1, 0.15) is 11.3 Å². The van der Waals surface area contributed by atoms with Gasteiger partial charge in [0.15, 0.2) is 0 Å². The highest BCUT2D eigenvalue weighted by molar-refractivity contribution is 14.1. The molecular formula is C24H26IN3O. The molecule has 0 aliphatic heterocycles. The van der Waals surface area contributed by atoms with Crippen molar-refractivity contribution >= 4 is 44.4 Å². The minimum atomic E-state index is 0.624. The van der Waals surface area contributed by atoms with E-state index in [9.17, 15) is 0 Å². The first-order chi connectivity index (χ1) is 14.1. The van der Waals surface area contributed by atoms with Gasteiger partial charge < -0.3 is 15.5 Å². The van der Waals surface area contributed by atoms with Crippen LogP contribution in [0.25, 0.3) is 33.1 Å². The number of hydrogen-bond donors (Lipinski definition) is 2. The van der Waals surface area contributed by atoms with E-state index in [0.29, 0.717) is 6.61 Å². The highest BCUT2D eigenvalue weighted by atomic mass is 127. The van der Waals surface area contributed by atoms with Crippen LogP contribution >= 0.6 is 22.6 Å². The molecule has 2 aromatic heterocycles. The Morgan fingerprint density at radius 2 is 1.93 bits per heavy atom. The Bertz CT molecular complexity index is 1170. The molecule has 0 bridgehead atoms. The molecule has 4 rings (SSSR count). The predicted molar refractivity (Wildman–Crippen MR) is 130 cm³/mol. The highest BCUT2D eigenvalue weighted by Gasteiger charge is 2.17. The maximum absolute atomic E-state index is 5.86. The number of aromatic amines is 1. The summed E-state index contributed by atoms with van der Waals surface area (Å²) in [5, 5.41) is 2.41. The maximum atomic E-state index is 5.86. The normalized spacial score (nSPS) is 11.4. The SMILES string of the molecule is CCOc1ccc(-c2[nH]c3ccc(I)cc3c2CCCCN)c2ccc(C)nc12. The third-order valence-electron chi connectivity index (χ3n) is 5.28. The molecule has 5 heteroatoms. The van der Waals surface area contributed by atoms with E-state index in [1.54, 1.807) is 0 Å². The molecule has 3 N–H and O–H groups in total. The molecule has 0 unspecified atom stereocenters. The predicted octanol–water partition coefficient (Wildman–Crippen LogP) is 5.98. The van der Waals surface area contributed by atoms with Gasteiger partial charge in [-0.15, -0.1) is 0 Å². The Morgan fingerprint density at radius 1 is 1.07 bits per heavy atom. The van der Waals surface area contributed by atoms with Crippen molar-refractivity contribution in [1.82, 2.24) is 9.97 Å². The van der Waals surface area contributed by atoms with Crippen LogP contribution in [0.2, 0.25) is 0 Å². The molecule has 0 amide bonds. The van der Waals surface area contributed by atoms with E-state index in [4.69, 9.17) is 15.5 Å². The summed E-state index contributed by atoms with van der Waals surface area (Å²) in [7, 11) is 0. The number of aromatic nitrogens is 2. The maximum Gasteiger partial charge on any atom is 0.145 e. The number of benzene rings is 2. The summed E-state index contributed by atoms with van der Waals surface area (Å²) < 4.78 is 7.11. The molecule has 0 radical (unpaired) electrons. The van der Waals surface area contributed by atoms with Gasteiger partial charge >= 0.3 is 0 Å².